The van der Waals surface area contributed by atoms with E-state index in [9.17, 15) is 10.1 Å². The van der Waals surface area contributed by atoms with Gasteiger partial charge in [-0.05, 0) is 30.3 Å². The lowest BCUT2D eigenvalue weighted by atomic mass is 10.1. The Labute approximate surface area is 173 Å². The first-order chi connectivity index (χ1) is 14.7. The fourth-order valence-corrected chi connectivity index (χ4v) is 3.06. The van der Waals surface area contributed by atoms with E-state index in [1.54, 1.807) is 17.0 Å². The molecule has 0 saturated heterocycles. The molecule has 4 rings (SSSR count). The van der Waals surface area contributed by atoms with Crippen LogP contribution in [0.3, 0.4) is 0 Å². The van der Waals surface area contributed by atoms with Gasteiger partial charge in [0.1, 0.15) is 22.9 Å². The van der Waals surface area contributed by atoms with Gasteiger partial charge in [0.2, 0.25) is 0 Å². The smallest absolute Gasteiger partial charge is 0.262 e. The third-order valence-corrected chi connectivity index (χ3v) is 4.49. The molecule has 0 aliphatic rings. The van der Waals surface area contributed by atoms with Gasteiger partial charge in [0.25, 0.3) is 5.91 Å². The molecule has 2 aromatic carbocycles. The van der Waals surface area contributed by atoms with Crippen molar-refractivity contribution in [1.29, 1.82) is 5.26 Å². The van der Waals surface area contributed by atoms with E-state index in [4.69, 9.17) is 4.42 Å². The van der Waals surface area contributed by atoms with Crippen LogP contribution in [-0.4, -0.2) is 22.2 Å². The normalized spacial score (nSPS) is 11.2. The number of nitrogens with one attached hydrogen (secondary N) is 1. The minimum Gasteiger partial charge on any atom is -0.454 e. The highest BCUT2D eigenvalue weighted by atomic mass is 16.3. The number of nitrogens with zero attached hydrogens (tertiary/aromatic N) is 3. The van der Waals surface area contributed by atoms with Crippen LogP contribution in [0.15, 0.2) is 89.5 Å². The fourth-order valence-electron chi connectivity index (χ4n) is 3.06. The topological polar surface area (TPSA) is 83.9 Å². The summed E-state index contributed by atoms with van der Waals surface area (Å²) >= 11 is 0. The molecule has 30 heavy (non-hydrogen) atoms. The van der Waals surface area contributed by atoms with Crippen molar-refractivity contribution in [3.05, 3.63) is 90.7 Å². The number of carbonyl (C=O) groups excluding carboxylic acids is 1. The first-order valence-corrected chi connectivity index (χ1v) is 9.34. The lowest BCUT2D eigenvalue weighted by molar-refractivity contribution is -0.116. The predicted octanol–water partition coefficient (Wildman–Crippen LogP) is 4.49. The van der Waals surface area contributed by atoms with Crippen LogP contribution >= 0.6 is 0 Å². The van der Waals surface area contributed by atoms with Crippen molar-refractivity contribution in [3.63, 3.8) is 0 Å². The molecular formula is C24H18N4O2. The third kappa shape index (κ3) is 3.77. The van der Waals surface area contributed by atoms with Gasteiger partial charge in [0.15, 0.2) is 5.76 Å². The fraction of sp³-hybridized carbons (Fsp3) is 0.0417. The van der Waals surface area contributed by atoms with Crippen LogP contribution in [0.2, 0.25) is 0 Å². The predicted molar refractivity (Wildman–Crippen MR) is 116 cm³/mol. The van der Waals surface area contributed by atoms with Crippen LogP contribution in [0.1, 0.15) is 5.56 Å². The quantitative estimate of drug-likeness (QED) is 0.297. The Bertz CT molecular complexity index is 1260. The standard InChI is InChI=1S/C24H18N4O2/c1-2-12-26-24(29)18(15-25)13-19-16-28(20-9-4-3-5-10-20)27-23(19)22-14-17-8-6-7-11-21(17)30-22/h2-11,13-14,16H,1,12H2,(H,26,29)/b18-13+. The van der Waals surface area contributed by atoms with Crippen LogP contribution in [0.4, 0.5) is 0 Å². The monoisotopic (exact) mass is 394 g/mol. The molecule has 0 saturated carbocycles. The number of furan rings is 1. The highest BCUT2D eigenvalue weighted by Gasteiger charge is 2.17. The number of rotatable bonds is 6. The summed E-state index contributed by atoms with van der Waals surface area (Å²) in [7, 11) is 0. The molecule has 1 amide bonds. The van der Waals surface area contributed by atoms with E-state index < -0.39 is 5.91 Å². The Kier molecular flexibility index (Phi) is 5.27. The summed E-state index contributed by atoms with van der Waals surface area (Å²) < 4.78 is 7.68. The highest BCUT2D eigenvalue weighted by molar-refractivity contribution is 6.02. The number of benzene rings is 2. The summed E-state index contributed by atoms with van der Waals surface area (Å²) in [6.45, 7) is 3.85. The second-order valence-corrected chi connectivity index (χ2v) is 6.53. The second-order valence-electron chi connectivity index (χ2n) is 6.53. The molecule has 1 N–H and O–H groups in total. The summed E-state index contributed by atoms with van der Waals surface area (Å²) in [5.74, 6) is 0.0846. The van der Waals surface area contributed by atoms with E-state index in [0.29, 0.717) is 17.0 Å². The van der Waals surface area contributed by atoms with Crippen LogP contribution in [0.5, 0.6) is 0 Å². The zero-order valence-electron chi connectivity index (χ0n) is 16.1. The van der Waals surface area contributed by atoms with E-state index in [0.717, 1.165) is 16.7 Å². The number of hydrogen-bond acceptors (Lipinski definition) is 4. The average Bonchev–Trinajstić information content (AvgIpc) is 3.40. The summed E-state index contributed by atoms with van der Waals surface area (Å²) in [6, 6.07) is 21.1. The zero-order valence-corrected chi connectivity index (χ0v) is 16.1. The van der Waals surface area contributed by atoms with E-state index in [1.165, 1.54) is 6.08 Å². The molecule has 0 fully saturated rings. The summed E-state index contributed by atoms with van der Waals surface area (Å²) in [6.07, 6.45) is 4.85. The maximum atomic E-state index is 12.3. The van der Waals surface area contributed by atoms with E-state index in [-0.39, 0.29) is 12.1 Å². The lowest BCUT2D eigenvalue weighted by Crippen LogP contribution is -2.24. The summed E-state index contributed by atoms with van der Waals surface area (Å²) in [5.41, 5.74) is 2.70. The summed E-state index contributed by atoms with van der Waals surface area (Å²) in [4.78, 5) is 12.3. The van der Waals surface area contributed by atoms with Gasteiger partial charge >= 0.3 is 0 Å². The van der Waals surface area contributed by atoms with Gasteiger partial charge in [0.05, 0.1) is 5.69 Å². The van der Waals surface area contributed by atoms with Crippen LogP contribution in [-0.2, 0) is 4.79 Å². The van der Waals surface area contributed by atoms with Crippen molar-refractivity contribution in [2.75, 3.05) is 6.54 Å². The van der Waals surface area contributed by atoms with Gasteiger partial charge in [-0.15, -0.1) is 6.58 Å². The molecule has 6 nitrogen and oxygen atoms in total. The molecule has 146 valence electrons. The molecule has 2 heterocycles. The lowest BCUT2D eigenvalue weighted by Gasteiger charge is -2.00. The van der Waals surface area contributed by atoms with E-state index in [2.05, 4.69) is 17.0 Å². The van der Waals surface area contributed by atoms with Gasteiger partial charge in [-0.1, -0.05) is 42.5 Å². The Hall–Kier alpha value is -4.37. The molecule has 0 radical (unpaired) electrons. The Morgan fingerprint density at radius 2 is 1.97 bits per heavy atom. The average molecular weight is 394 g/mol. The van der Waals surface area contributed by atoms with E-state index in [1.807, 2.05) is 66.7 Å². The SMILES string of the molecule is C=CCNC(=O)/C(C#N)=C/c1cn(-c2ccccc2)nc1-c1cc2ccccc2o1. The number of carbonyl (C=O) groups is 1. The maximum Gasteiger partial charge on any atom is 0.262 e. The molecule has 0 bridgehead atoms. The molecular weight excluding hydrogens is 376 g/mol. The number of fused-ring (bicyclic) bond motifs is 1. The van der Waals surface area contributed by atoms with Crippen molar-refractivity contribution < 1.29 is 9.21 Å². The Morgan fingerprint density at radius 1 is 1.20 bits per heavy atom. The van der Waals surface area contributed by atoms with Crippen LogP contribution < -0.4 is 5.32 Å². The first-order valence-electron chi connectivity index (χ1n) is 9.34. The molecule has 0 aliphatic heterocycles. The number of aromatic nitrogens is 2. The van der Waals surface area contributed by atoms with Gasteiger partial charge in [-0.2, -0.15) is 10.4 Å². The molecule has 0 unspecified atom stereocenters. The molecule has 6 heteroatoms. The van der Waals surface area contributed by atoms with Crippen LogP contribution in [0, 0.1) is 11.3 Å². The summed E-state index contributed by atoms with van der Waals surface area (Å²) in [5, 5.41) is 17.7. The molecule has 0 spiro atoms. The van der Waals surface area contributed by atoms with E-state index >= 15 is 0 Å². The van der Waals surface area contributed by atoms with Crippen molar-refractivity contribution in [2.24, 2.45) is 0 Å². The number of nitriles is 1. The van der Waals surface area contributed by atoms with Gasteiger partial charge in [-0.3, -0.25) is 4.79 Å². The number of amides is 1. The Morgan fingerprint density at radius 3 is 2.70 bits per heavy atom. The molecule has 4 aromatic rings. The van der Waals surface area contributed by atoms with Crippen molar-refractivity contribution >= 4 is 23.0 Å². The number of para-hydroxylation sites is 2. The maximum absolute atomic E-state index is 12.3. The van der Waals surface area contributed by atoms with Gasteiger partial charge < -0.3 is 9.73 Å². The molecule has 2 aromatic heterocycles. The third-order valence-electron chi connectivity index (χ3n) is 4.49. The highest BCUT2D eigenvalue weighted by Crippen LogP contribution is 2.31. The zero-order chi connectivity index (χ0) is 20.9. The number of hydrogen-bond donors (Lipinski definition) is 1. The molecule has 0 aliphatic carbocycles. The Balaban J connectivity index is 1.84. The first kappa shape index (κ1) is 19.0. The van der Waals surface area contributed by atoms with Crippen molar-refractivity contribution in [3.8, 4) is 23.2 Å². The van der Waals surface area contributed by atoms with Gasteiger partial charge in [-0.25, -0.2) is 4.68 Å². The minimum absolute atomic E-state index is 0.0261. The minimum atomic E-state index is -0.472. The van der Waals surface area contributed by atoms with Gasteiger partial charge in [0, 0.05) is 23.7 Å². The van der Waals surface area contributed by atoms with Crippen molar-refractivity contribution in [1.82, 2.24) is 15.1 Å². The second kappa shape index (κ2) is 8.33. The molecule has 0 atom stereocenters. The largest absolute Gasteiger partial charge is 0.454 e. The van der Waals surface area contributed by atoms with Crippen molar-refractivity contribution in [2.45, 2.75) is 0 Å². The van der Waals surface area contributed by atoms with Crippen LogP contribution in [0.25, 0.3) is 34.2 Å².